The van der Waals surface area contributed by atoms with Crippen LogP contribution in [0.4, 0.5) is 0 Å². The fourth-order valence-corrected chi connectivity index (χ4v) is 1.15. The molecule has 0 spiro atoms. The molecule has 0 radical (unpaired) electrons. The van der Waals surface area contributed by atoms with E-state index >= 15 is 0 Å². The van der Waals surface area contributed by atoms with Gasteiger partial charge in [-0.15, -0.1) is 0 Å². The van der Waals surface area contributed by atoms with E-state index in [1.807, 2.05) is 0 Å². The van der Waals surface area contributed by atoms with Gasteiger partial charge in [0.25, 0.3) is 0 Å². The highest BCUT2D eigenvalue weighted by Crippen LogP contribution is 2.18. The van der Waals surface area contributed by atoms with Crippen LogP contribution in [0, 0.1) is 0 Å². The molecule has 0 aromatic rings. The Morgan fingerprint density at radius 3 is 1.56 bits per heavy atom. The number of halogens is 1. The third-order valence-electron chi connectivity index (χ3n) is 1.55. The molecule has 1 heteroatoms. The van der Waals surface area contributed by atoms with Crippen LogP contribution in [0.25, 0.3) is 0 Å². The minimum absolute atomic E-state index is 0.985. The summed E-state index contributed by atoms with van der Waals surface area (Å²) in [4.78, 5) is 0. The van der Waals surface area contributed by atoms with Gasteiger partial charge in [-0.25, -0.2) is 0 Å². The first kappa shape index (κ1) is 9.03. The summed E-state index contributed by atoms with van der Waals surface area (Å²) in [5.74, 6) is 0. The van der Waals surface area contributed by atoms with Crippen LogP contribution >= 0.6 is 11.6 Å². The summed E-state index contributed by atoms with van der Waals surface area (Å²) >= 11 is 5.91. The van der Waals surface area contributed by atoms with Gasteiger partial charge in [0.05, 0.1) is 0 Å². The minimum Gasteiger partial charge on any atom is -0.0892 e. The standard InChI is InChI=1S/C8H15Cl/c1-4-7(5-2)8(9)6-3/h4-6H2,1-3H3. The second-order valence-corrected chi connectivity index (χ2v) is 2.53. The lowest BCUT2D eigenvalue weighted by atomic mass is 10.1. The lowest BCUT2D eigenvalue weighted by Crippen LogP contribution is -1.81. The summed E-state index contributed by atoms with van der Waals surface area (Å²) in [5, 5.41) is 1.06. The first-order chi connectivity index (χ1) is 4.26. The zero-order chi connectivity index (χ0) is 7.28. The zero-order valence-corrected chi connectivity index (χ0v) is 7.26. The topological polar surface area (TPSA) is 0 Å². The van der Waals surface area contributed by atoms with Crippen LogP contribution in [0.2, 0.25) is 0 Å². The van der Waals surface area contributed by atoms with Gasteiger partial charge in [-0.05, 0) is 19.3 Å². The lowest BCUT2D eigenvalue weighted by molar-refractivity contribution is 0.944. The van der Waals surface area contributed by atoms with Crippen LogP contribution in [-0.2, 0) is 0 Å². The number of rotatable bonds is 3. The van der Waals surface area contributed by atoms with E-state index in [-0.39, 0.29) is 0 Å². The Labute approximate surface area is 62.9 Å². The lowest BCUT2D eigenvalue weighted by Gasteiger charge is -2.01. The average molecular weight is 147 g/mol. The largest absolute Gasteiger partial charge is 0.0892 e. The number of allylic oxidation sites excluding steroid dienone is 2. The molecular formula is C8H15Cl. The van der Waals surface area contributed by atoms with Crippen molar-refractivity contribution in [2.24, 2.45) is 0 Å². The SMILES string of the molecule is CCC(Cl)=C(CC)CC. The summed E-state index contributed by atoms with van der Waals surface area (Å²) in [6.07, 6.45) is 3.19. The molecule has 0 unspecified atom stereocenters. The Balaban J connectivity index is 4.01. The van der Waals surface area contributed by atoms with Gasteiger partial charge in [0.2, 0.25) is 0 Å². The highest BCUT2D eigenvalue weighted by molar-refractivity contribution is 6.29. The van der Waals surface area contributed by atoms with Crippen LogP contribution < -0.4 is 0 Å². The first-order valence-corrected chi connectivity index (χ1v) is 4.00. The predicted molar refractivity (Wildman–Crippen MR) is 43.8 cm³/mol. The molecule has 0 fully saturated rings. The van der Waals surface area contributed by atoms with E-state index in [0.29, 0.717) is 0 Å². The smallest absolute Gasteiger partial charge is 0.0170 e. The molecule has 0 N–H and O–H groups in total. The molecule has 0 heterocycles. The van der Waals surface area contributed by atoms with E-state index in [9.17, 15) is 0 Å². The molecule has 0 aliphatic heterocycles. The van der Waals surface area contributed by atoms with Crippen LogP contribution in [-0.4, -0.2) is 0 Å². The van der Waals surface area contributed by atoms with Crippen LogP contribution in [0.1, 0.15) is 40.0 Å². The third kappa shape index (κ3) is 2.90. The maximum Gasteiger partial charge on any atom is 0.0170 e. The summed E-state index contributed by atoms with van der Waals surface area (Å²) in [5.41, 5.74) is 1.40. The fourth-order valence-electron chi connectivity index (χ4n) is 0.884. The Hall–Kier alpha value is 0.0300. The van der Waals surface area contributed by atoms with Crippen LogP contribution in [0.3, 0.4) is 0 Å². The van der Waals surface area contributed by atoms with Crippen molar-refractivity contribution < 1.29 is 0 Å². The van der Waals surface area contributed by atoms with Crippen molar-refractivity contribution in [1.82, 2.24) is 0 Å². The molecule has 9 heavy (non-hydrogen) atoms. The molecule has 54 valence electrons. The van der Waals surface area contributed by atoms with Crippen molar-refractivity contribution in [3.63, 3.8) is 0 Å². The van der Waals surface area contributed by atoms with E-state index in [0.717, 1.165) is 24.3 Å². The van der Waals surface area contributed by atoms with Gasteiger partial charge < -0.3 is 0 Å². The number of hydrogen-bond acceptors (Lipinski definition) is 0. The second-order valence-electron chi connectivity index (χ2n) is 2.07. The Morgan fingerprint density at radius 1 is 1.00 bits per heavy atom. The van der Waals surface area contributed by atoms with Crippen LogP contribution in [0.5, 0.6) is 0 Å². The summed E-state index contributed by atoms with van der Waals surface area (Å²) in [6.45, 7) is 6.39. The molecule has 0 rings (SSSR count). The minimum atomic E-state index is 0.985. The maximum atomic E-state index is 5.91. The van der Waals surface area contributed by atoms with E-state index in [1.165, 1.54) is 5.57 Å². The molecule has 0 nitrogen and oxygen atoms in total. The number of hydrogen-bond donors (Lipinski definition) is 0. The molecule has 0 aromatic carbocycles. The highest BCUT2D eigenvalue weighted by Gasteiger charge is 1.95. The molecule has 0 aliphatic carbocycles. The summed E-state index contributed by atoms with van der Waals surface area (Å²) in [7, 11) is 0. The van der Waals surface area contributed by atoms with Crippen LogP contribution in [0.15, 0.2) is 10.6 Å². The van der Waals surface area contributed by atoms with E-state index in [4.69, 9.17) is 11.6 Å². The first-order valence-electron chi connectivity index (χ1n) is 3.62. The molecule has 0 atom stereocenters. The third-order valence-corrected chi connectivity index (χ3v) is 2.08. The van der Waals surface area contributed by atoms with Gasteiger partial charge in [-0.2, -0.15) is 0 Å². The monoisotopic (exact) mass is 146 g/mol. The van der Waals surface area contributed by atoms with E-state index in [2.05, 4.69) is 20.8 Å². The normalized spacial score (nSPS) is 9.33. The molecule has 0 saturated carbocycles. The summed E-state index contributed by atoms with van der Waals surface area (Å²) < 4.78 is 0. The Kier molecular flexibility index (Phi) is 4.88. The molecule has 0 saturated heterocycles. The molecule has 0 bridgehead atoms. The van der Waals surface area contributed by atoms with Crippen molar-refractivity contribution in [2.45, 2.75) is 40.0 Å². The molecule has 0 amide bonds. The van der Waals surface area contributed by atoms with Crippen molar-refractivity contribution in [3.8, 4) is 0 Å². The van der Waals surface area contributed by atoms with Crippen molar-refractivity contribution in [2.75, 3.05) is 0 Å². The zero-order valence-electron chi connectivity index (χ0n) is 6.50. The van der Waals surface area contributed by atoms with E-state index < -0.39 is 0 Å². The van der Waals surface area contributed by atoms with Crippen molar-refractivity contribution >= 4 is 11.6 Å². The fraction of sp³-hybridized carbons (Fsp3) is 0.750. The van der Waals surface area contributed by atoms with Gasteiger partial charge in [0, 0.05) is 5.03 Å². The Morgan fingerprint density at radius 2 is 1.44 bits per heavy atom. The quantitative estimate of drug-likeness (QED) is 0.570. The van der Waals surface area contributed by atoms with Crippen molar-refractivity contribution in [3.05, 3.63) is 10.6 Å². The Bertz CT molecular complexity index is 97.1. The molecule has 0 aromatic heterocycles. The van der Waals surface area contributed by atoms with Gasteiger partial charge in [0.15, 0.2) is 0 Å². The van der Waals surface area contributed by atoms with Gasteiger partial charge >= 0.3 is 0 Å². The highest BCUT2D eigenvalue weighted by atomic mass is 35.5. The van der Waals surface area contributed by atoms with Gasteiger partial charge in [-0.1, -0.05) is 37.9 Å². The van der Waals surface area contributed by atoms with Gasteiger partial charge in [-0.3, -0.25) is 0 Å². The van der Waals surface area contributed by atoms with Crippen molar-refractivity contribution in [1.29, 1.82) is 0 Å². The molecular weight excluding hydrogens is 132 g/mol. The summed E-state index contributed by atoms with van der Waals surface area (Å²) in [6, 6.07) is 0. The second kappa shape index (κ2) is 4.87. The van der Waals surface area contributed by atoms with E-state index in [1.54, 1.807) is 0 Å². The average Bonchev–Trinajstić information content (AvgIpc) is 1.90. The van der Waals surface area contributed by atoms with Gasteiger partial charge in [0.1, 0.15) is 0 Å². The predicted octanol–water partition coefficient (Wildman–Crippen LogP) is 3.71. The maximum absolute atomic E-state index is 5.91. The molecule has 0 aliphatic rings.